The summed E-state index contributed by atoms with van der Waals surface area (Å²) in [6.07, 6.45) is -0.276. The average molecular weight is 386 g/mol. The van der Waals surface area contributed by atoms with Crippen LogP contribution in [-0.2, 0) is 4.79 Å². The van der Waals surface area contributed by atoms with Crippen molar-refractivity contribution < 1.29 is 14.6 Å². The number of halogens is 3. The first kappa shape index (κ1) is 22.3. The maximum absolute atomic E-state index is 11.7. The molecular weight excluding hydrogens is 363 g/mol. The fourth-order valence-corrected chi connectivity index (χ4v) is 2.15. The van der Waals surface area contributed by atoms with E-state index in [1.807, 2.05) is 13.8 Å². The Bertz CT molecular complexity index is 501. The SMILES string of the molecule is CC(C)C[C@H](N)C(=O)NCC(O)COc1cccc(Cl)c1Cl.Cl. The predicted octanol–water partition coefficient (Wildman–Crippen LogP) is 2.64. The molecule has 0 aromatic heterocycles. The Morgan fingerprint density at radius 3 is 2.65 bits per heavy atom. The van der Waals surface area contributed by atoms with Gasteiger partial charge in [0.25, 0.3) is 0 Å². The number of carbonyl (C=O) groups excluding carboxylic acids is 1. The van der Waals surface area contributed by atoms with E-state index in [9.17, 15) is 9.90 Å². The molecule has 1 aromatic carbocycles. The van der Waals surface area contributed by atoms with Crippen molar-refractivity contribution in [2.75, 3.05) is 13.2 Å². The summed E-state index contributed by atoms with van der Waals surface area (Å²) < 4.78 is 5.39. The summed E-state index contributed by atoms with van der Waals surface area (Å²) in [6.45, 7) is 4.03. The third-order valence-corrected chi connectivity index (χ3v) is 3.72. The van der Waals surface area contributed by atoms with Crippen molar-refractivity contribution in [3.05, 3.63) is 28.2 Å². The minimum Gasteiger partial charge on any atom is -0.489 e. The van der Waals surface area contributed by atoms with Gasteiger partial charge < -0.3 is 20.9 Å². The van der Waals surface area contributed by atoms with Gasteiger partial charge in [-0.2, -0.15) is 0 Å². The zero-order valence-electron chi connectivity index (χ0n) is 13.1. The van der Waals surface area contributed by atoms with Gasteiger partial charge in [0.15, 0.2) is 0 Å². The third kappa shape index (κ3) is 8.08. The van der Waals surface area contributed by atoms with Crippen molar-refractivity contribution in [3.63, 3.8) is 0 Å². The molecule has 1 amide bonds. The Morgan fingerprint density at radius 2 is 2.04 bits per heavy atom. The molecule has 0 saturated heterocycles. The number of aliphatic hydroxyl groups is 1. The Balaban J connectivity index is 0.00000484. The van der Waals surface area contributed by atoms with Crippen LogP contribution in [0.15, 0.2) is 18.2 Å². The lowest BCUT2D eigenvalue weighted by Gasteiger charge is -2.17. The monoisotopic (exact) mass is 384 g/mol. The third-order valence-electron chi connectivity index (χ3n) is 2.92. The van der Waals surface area contributed by atoms with Gasteiger partial charge in [-0.25, -0.2) is 0 Å². The molecule has 0 saturated carbocycles. The summed E-state index contributed by atoms with van der Waals surface area (Å²) in [5, 5.41) is 13.1. The van der Waals surface area contributed by atoms with Gasteiger partial charge in [0, 0.05) is 6.54 Å². The topological polar surface area (TPSA) is 84.6 Å². The number of amides is 1. The van der Waals surface area contributed by atoms with Crippen LogP contribution in [0.5, 0.6) is 5.75 Å². The molecule has 8 heteroatoms. The van der Waals surface area contributed by atoms with Crippen LogP contribution in [0, 0.1) is 5.92 Å². The quantitative estimate of drug-likeness (QED) is 0.642. The zero-order valence-corrected chi connectivity index (χ0v) is 15.4. The molecule has 5 nitrogen and oxygen atoms in total. The van der Waals surface area contributed by atoms with Crippen LogP contribution in [0.25, 0.3) is 0 Å². The van der Waals surface area contributed by atoms with Gasteiger partial charge in [-0.1, -0.05) is 43.1 Å². The largest absolute Gasteiger partial charge is 0.489 e. The van der Waals surface area contributed by atoms with Gasteiger partial charge >= 0.3 is 0 Å². The van der Waals surface area contributed by atoms with E-state index in [0.29, 0.717) is 28.1 Å². The van der Waals surface area contributed by atoms with Crippen LogP contribution in [0.3, 0.4) is 0 Å². The maximum Gasteiger partial charge on any atom is 0.237 e. The number of nitrogens with two attached hydrogens (primary N) is 1. The van der Waals surface area contributed by atoms with Crippen LogP contribution >= 0.6 is 35.6 Å². The molecule has 0 aliphatic carbocycles. The van der Waals surface area contributed by atoms with E-state index in [2.05, 4.69) is 5.32 Å². The molecule has 132 valence electrons. The van der Waals surface area contributed by atoms with Crippen LogP contribution in [0.4, 0.5) is 0 Å². The Labute approximate surface area is 152 Å². The molecule has 0 radical (unpaired) electrons. The van der Waals surface area contributed by atoms with E-state index in [0.717, 1.165) is 0 Å². The number of ether oxygens (including phenoxy) is 1. The normalized spacial score (nSPS) is 13.2. The second-order valence-corrected chi connectivity index (χ2v) is 6.28. The lowest BCUT2D eigenvalue weighted by atomic mass is 10.0. The molecule has 0 heterocycles. The Kier molecular flexibility index (Phi) is 10.6. The number of nitrogens with one attached hydrogen (secondary N) is 1. The van der Waals surface area contributed by atoms with Crippen LogP contribution < -0.4 is 15.8 Å². The number of rotatable bonds is 8. The highest BCUT2D eigenvalue weighted by Gasteiger charge is 2.16. The van der Waals surface area contributed by atoms with Crippen LogP contribution in [-0.4, -0.2) is 36.3 Å². The highest BCUT2D eigenvalue weighted by atomic mass is 35.5. The molecule has 1 rings (SSSR count). The van der Waals surface area contributed by atoms with E-state index in [1.165, 1.54) is 0 Å². The highest BCUT2D eigenvalue weighted by Crippen LogP contribution is 2.31. The number of aliphatic hydroxyl groups excluding tert-OH is 1. The van der Waals surface area contributed by atoms with Gasteiger partial charge in [-0.3, -0.25) is 4.79 Å². The minimum absolute atomic E-state index is 0. The van der Waals surface area contributed by atoms with Gasteiger partial charge in [0.2, 0.25) is 5.91 Å². The summed E-state index contributed by atoms with van der Waals surface area (Å²) in [7, 11) is 0. The van der Waals surface area contributed by atoms with Gasteiger partial charge in [0.05, 0.1) is 11.1 Å². The molecule has 1 unspecified atom stereocenters. The van der Waals surface area contributed by atoms with Crippen molar-refractivity contribution >= 4 is 41.5 Å². The predicted molar refractivity (Wildman–Crippen MR) is 95.7 cm³/mol. The van der Waals surface area contributed by atoms with Crippen LogP contribution in [0.2, 0.25) is 10.0 Å². The molecule has 23 heavy (non-hydrogen) atoms. The Morgan fingerprint density at radius 1 is 1.39 bits per heavy atom. The molecular formula is C15H23Cl3N2O3. The Hall–Kier alpha value is -0.720. The fourth-order valence-electron chi connectivity index (χ4n) is 1.80. The van der Waals surface area contributed by atoms with E-state index >= 15 is 0 Å². The first-order valence-corrected chi connectivity index (χ1v) is 7.85. The smallest absolute Gasteiger partial charge is 0.237 e. The van der Waals surface area contributed by atoms with Gasteiger partial charge in [-0.05, 0) is 24.5 Å². The van der Waals surface area contributed by atoms with E-state index in [1.54, 1.807) is 18.2 Å². The van der Waals surface area contributed by atoms with Crippen molar-refractivity contribution in [1.82, 2.24) is 5.32 Å². The first-order valence-electron chi connectivity index (χ1n) is 7.09. The number of hydrogen-bond acceptors (Lipinski definition) is 4. The number of benzene rings is 1. The molecule has 0 fully saturated rings. The number of carbonyl (C=O) groups is 1. The maximum atomic E-state index is 11.7. The second kappa shape index (κ2) is 10.9. The van der Waals surface area contributed by atoms with Crippen LogP contribution in [0.1, 0.15) is 20.3 Å². The summed E-state index contributed by atoms with van der Waals surface area (Å²) in [5.41, 5.74) is 5.75. The summed E-state index contributed by atoms with van der Waals surface area (Å²) >= 11 is 11.8. The summed E-state index contributed by atoms with van der Waals surface area (Å²) in [6, 6.07) is 4.42. The molecule has 4 N–H and O–H groups in total. The van der Waals surface area contributed by atoms with Crippen molar-refractivity contribution in [1.29, 1.82) is 0 Å². The van der Waals surface area contributed by atoms with Gasteiger partial charge in [0.1, 0.15) is 23.5 Å². The lowest BCUT2D eigenvalue weighted by Crippen LogP contribution is -2.45. The molecule has 2 atom stereocenters. The zero-order chi connectivity index (χ0) is 16.7. The van der Waals surface area contributed by atoms with Gasteiger partial charge in [-0.15, -0.1) is 12.4 Å². The lowest BCUT2D eigenvalue weighted by molar-refractivity contribution is -0.123. The molecule has 0 spiro atoms. The average Bonchev–Trinajstić information content (AvgIpc) is 2.45. The molecule has 1 aromatic rings. The van der Waals surface area contributed by atoms with Crippen molar-refractivity contribution in [3.8, 4) is 5.75 Å². The second-order valence-electron chi connectivity index (χ2n) is 5.50. The molecule has 0 aliphatic rings. The van der Waals surface area contributed by atoms with E-state index in [4.69, 9.17) is 33.7 Å². The standard InChI is InChI=1S/C15H22Cl2N2O3.ClH/c1-9(2)6-12(18)15(21)19-7-10(20)8-22-13-5-3-4-11(16)14(13)17;/h3-5,9-10,12,20H,6-8,18H2,1-2H3,(H,19,21);1H/t10?,12-;/m0./s1. The van der Waals surface area contributed by atoms with Crippen molar-refractivity contribution in [2.24, 2.45) is 11.7 Å². The summed E-state index contributed by atoms with van der Waals surface area (Å²) in [4.78, 5) is 11.7. The van der Waals surface area contributed by atoms with E-state index in [-0.39, 0.29) is 31.5 Å². The number of hydrogen-bond donors (Lipinski definition) is 3. The first-order chi connectivity index (χ1) is 10.3. The fraction of sp³-hybridized carbons (Fsp3) is 0.533. The minimum atomic E-state index is -0.870. The molecule has 0 bridgehead atoms. The highest BCUT2D eigenvalue weighted by molar-refractivity contribution is 6.42. The van der Waals surface area contributed by atoms with E-state index < -0.39 is 12.1 Å². The van der Waals surface area contributed by atoms with Crippen molar-refractivity contribution in [2.45, 2.75) is 32.4 Å². The summed E-state index contributed by atoms with van der Waals surface area (Å²) in [5.74, 6) is 0.434. The molecule has 0 aliphatic heterocycles.